The number of esters is 1. The first-order chi connectivity index (χ1) is 15.5. The van der Waals surface area contributed by atoms with Gasteiger partial charge in [0, 0.05) is 6.07 Å². The van der Waals surface area contributed by atoms with Crippen LogP contribution in [0, 0.1) is 19.8 Å². The Bertz CT molecular complexity index is 1320. The van der Waals surface area contributed by atoms with Crippen LogP contribution in [0.2, 0.25) is 0 Å². The molecule has 33 heavy (non-hydrogen) atoms. The van der Waals surface area contributed by atoms with Crippen LogP contribution in [0.4, 0.5) is 0 Å². The van der Waals surface area contributed by atoms with E-state index in [4.69, 9.17) is 9.15 Å². The second kappa shape index (κ2) is 9.89. The van der Waals surface area contributed by atoms with E-state index in [0.717, 1.165) is 17.5 Å². The SMILES string of the molecule is CCCc1cc(=O)oc2cc(C)cc(OC(=O)[C@H](NS(=O)(=O)c3ccc(C)cc3)C(C)C)c12. The number of rotatable bonds is 8. The predicted octanol–water partition coefficient (Wildman–Crippen LogP) is 4.27. The number of hydrogen-bond donors (Lipinski definition) is 1. The molecule has 0 fully saturated rings. The zero-order chi connectivity index (χ0) is 24.3. The Hall–Kier alpha value is -2.97. The van der Waals surface area contributed by atoms with Crippen molar-refractivity contribution in [2.75, 3.05) is 0 Å². The maximum absolute atomic E-state index is 13.2. The number of carbonyl (C=O) groups excluding carboxylic acids is 1. The van der Waals surface area contributed by atoms with E-state index in [1.165, 1.54) is 18.2 Å². The Morgan fingerprint density at radius 3 is 2.33 bits per heavy atom. The van der Waals surface area contributed by atoms with E-state index < -0.39 is 27.7 Å². The van der Waals surface area contributed by atoms with Gasteiger partial charge in [0.1, 0.15) is 17.4 Å². The summed E-state index contributed by atoms with van der Waals surface area (Å²) >= 11 is 0. The van der Waals surface area contributed by atoms with Crippen LogP contribution in [0.1, 0.15) is 43.9 Å². The van der Waals surface area contributed by atoms with Crippen molar-refractivity contribution in [1.82, 2.24) is 4.72 Å². The average molecular weight is 472 g/mol. The largest absolute Gasteiger partial charge is 0.425 e. The van der Waals surface area contributed by atoms with Gasteiger partial charge in [0.25, 0.3) is 0 Å². The second-order valence-electron chi connectivity index (χ2n) is 8.55. The fourth-order valence-electron chi connectivity index (χ4n) is 3.60. The summed E-state index contributed by atoms with van der Waals surface area (Å²) in [4.78, 5) is 25.2. The number of aryl methyl sites for hydroxylation is 3. The van der Waals surface area contributed by atoms with Gasteiger partial charge >= 0.3 is 11.6 Å². The Morgan fingerprint density at radius 2 is 1.73 bits per heavy atom. The third-order valence-corrected chi connectivity index (χ3v) is 6.75. The molecule has 0 unspecified atom stereocenters. The molecule has 3 aromatic rings. The van der Waals surface area contributed by atoms with Gasteiger partial charge in [0.15, 0.2) is 0 Å². The predicted molar refractivity (Wildman–Crippen MR) is 127 cm³/mol. The lowest BCUT2D eigenvalue weighted by Gasteiger charge is -2.21. The molecule has 176 valence electrons. The number of carbonyl (C=O) groups is 1. The summed E-state index contributed by atoms with van der Waals surface area (Å²) in [5.74, 6) is -0.870. The first-order valence-electron chi connectivity index (χ1n) is 10.9. The monoisotopic (exact) mass is 471 g/mol. The van der Waals surface area contributed by atoms with E-state index >= 15 is 0 Å². The first-order valence-corrected chi connectivity index (χ1v) is 12.4. The topological polar surface area (TPSA) is 103 Å². The van der Waals surface area contributed by atoms with Crippen molar-refractivity contribution < 1.29 is 22.4 Å². The van der Waals surface area contributed by atoms with E-state index in [0.29, 0.717) is 23.0 Å². The highest BCUT2D eigenvalue weighted by Gasteiger charge is 2.30. The zero-order valence-electron chi connectivity index (χ0n) is 19.5. The summed E-state index contributed by atoms with van der Waals surface area (Å²) in [7, 11) is -3.94. The molecule has 7 nitrogen and oxygen atoms in total. The summed E-state index contributed by atoms with van der Waals surface area (Å²) in [6.45, 7) is 9.11. The average Bonchev–Trinajstić information content (AvgIpc) is 2.71. The molecule has 2 aromatic carbocycles. The second-order valence-corrected chi connectivity index (χ2v) is 10.3. The van der Waals surface area contributed by atoms with Crippen LogP contribution in [-0.2, 0) is 21.2 Å². The minimum atomic E-state index is -3.94. The lowest BCUT2D eigenvalue weighted by molar-refractivity contribution is -0.137. The van der Waals surface area contributed by atoms with Crippen molar-refractivity contribution in [2.24, 2.45) is 5.92 Å². The zero-order valence-corrected chi connectivity index (χ0v) is 20.3. The molecule has 1 N–H and O–H groups in total. The summed E-state index contributed by atoms with van der Waals surface area (Å²) in [6, 6.07) is 10.1. The smallest absolute Gasteiger partial charge is 0.336 e. The van der Waals surface area contributed by atoms with E-state index in [2.05, 4.69) is 4.72 Å². The molecule has 1 atom stereocenters. The van der Waals surface area contributed by atoms with Gasteiger partial charge in [-0.2, -0.15) is 4.72 Å². The van der Waals surface area contributed by atoms with Gasteiger partial charge in [-0.1, -0.05) is 44.9 Å². The number of ether oxygens (including phenoxy) is 1. The van der Waals surface area contributed by atoms with Crippen LogP contribution in [0.3, 0.4) is 0 Å². The fourth-order valence-corrected chi connectivity index (χ4v) is 4.93. The van der Waals surface area contributed by atoms with Gasteiger partial charge in [-0.05, 0) is 61.6 Å². The van der Waals surface area contributed by atoms with Crippen molar-refractivity contribution in [3.05, 3.63) is 69.6 Å². The lowest BCUT2D eigenvalue weighted by Crippen LogP contribution is -2.46. The molecule has 0 aliphatic heterocycles. The van der Waals surface area contributed by atoms with E-state index in [1.54, 1.807) is 45.0 Å². The third-order valence-electron chi connectivity index (χ3n) is 5.30. The van der Waals surface area contributed by atoms with Crippen LogP contribution in [0.5, 0.6) is 5.75 Å². The van der Waals surface area contributed by atoms with Gasteiger partial charge in [-0.3, -0.25) is 0 Å². The highest BCUT2D eigenvalue weighted by atomic mass is 32.2. The quantitative estimate of drug-likeness (QED) is 0.299. The minimum Gasteiger partial charge on any atom is -0.425 e. The maximum atomic E-state index is 13.2. The molecule has 1 aromatic heterocycles. The van der Waals surface area contributed by atoms with Gasteiger partial charge in [0.2, 0.25) is 10.0 Å². The molecule has 0 aliphatic rings. The van der Waals surface area contributed by atoms with Gasteiger partial charge in [-0.25, -0.2) is 18.0 Å². The maximum Gasteiger partial charge on any atom is 0.336 e. The molecule has 0 amide bonds. The van der Waals surface area contributed by atoms with E-state index in [-0.39, 0.29) is 16.6 Å². The molecular weight excluding hydrogens is 442 g/mol. The summed E-state index contributed by atoms with van der Waals surface area (Å²) in [5.41, 5.74) is 2.24. The van der Waals surface area contributed by atoms with E-state index in [9.17, 15) is 18.0 Å². The van der Waals surface area contributed by atoms with Gasteiger partial charge < -0.3 is 9.15 Å². The molecule has 0 spiro atoms. The normalized spacial score (nSPS) is 12.8. The molecule has 8 heteroatoms. The van der Waals surface area contributed by atoms with Crippen molar-refractivity contribution >= 4 is 27.0 Å². The molecular formula is C25H29NO6S. The molecule has 0 radical (unpaired) electrons. The van der Waals surface area contributed by atoms with E-state index in [1.807, 2.05) is 13.8 Å². The van der Waals surface area contributed by atoms with Crippen molar-refractivity contribution in [3.8, 4) is 5.75 Å². The van der Waals surface area contributed by atoms with Gasteiger partial charge in [-0.15, -0.1) is 0 Å². The van der Waals surface area contributed by atoms with Crippen LogP contribution < -0.4 is 15.1 Å². The van der Waals surface area contributed by atoms with Crippen molar-refractivity contribution in [3.63, 3.8) is 0 Å². The number of hydrogen-bond acceptors (Lipinski definition) is 6. The van der Waals surface area contributed by atoms with Crippen LogP contribution >= 0.6 is 0 Å². The van der Waals surface area contributed by atoms with Crippen LogP contribution in [0.15, 0.2) is 56.6 Å². The number of benzene rings is 2. The molecule has 0 saturated carbocycles. The highest BCUT2D eigenvalue weighted by molar-refractivity contribution is 7.89. The third kappa shape index (κ3) is 5.69. The van der Waals surface area contributed by atoms with Crippen molar-refractivity contribution in [1.29, 1.82) is 0 Å². The highest BCUT2D eigenvalue weighted by Crippen LogP contribution is 2.31. The molecule has 0 saturated heterocycles. The molecule has 3 rings (SSSR count). The summed E-state index contributed by atoms with van der Waals surface area (Å²) < 4.78 is 39.3. The van der Waals surface area contributed by atoms with Crippen LogP contribution in [-0.4, -0.2) is 20.4 Å². The van der Waals surface area contributed by atoms with Crippen LogP contribution in [0.25, 0.3) is 11.0 Å². The van der Waals surface area contributed by atoms with Crippen molar-refractivity contribution in [2.45, 2.75) is 58.4 Å². The Balaban J connectivity index is 1.98. The molecule has 0 aliphatic carbocycles. The Kier molecular flexibility index (Phi) is 7.39. The summed E-state index contributed by atoms with van der Waals surface area (Å²) in [6.07, 6.45) is 1.38. The number of nitrogens with one attached hydrogen (secondary N) is 1. The van der Waals surface area contributed by atoms with Gasteiger partial charge in [0.05, 0.1) is 10.3 Å². The lowest BCUT2D eigenvalue weighted by atomic mass is 10.0. The summed E-state index contributed by atoms with van der Waals surface area (Å²) in [5, 5.41) is 0.541. The number of sulfonamides is 1. The first kappa shape index (κ1) is 24.7. The molecule has 1 heterocycles. The Morgan fingerprint density at radius 1 is 1.06 bits per heavy atom. The minimum absolute atomic E-state index is 0.0690. The Labute approximate surface area is 193 Å². The standard InChI is InChI=1S/C25H29NO6S/c1-6-7-18-14-22(27)31-20-12-17(5)13-21(23(18)20)32-25(28)24(15(2)3)26-33(29,30)19-10-8-16(4)9-11-19/h8-15,24,26H,6-7H2,1-5H3/t24-/m1/s1. The fraction of sp³-hybridized carbons (Fsp3) is 0.360. The molecule has 0 bridgehead atoms. The number of fused-ring (bicyclic) bond motifs is 1.